The summed E-state index contributed by atoms with van der Waals surface area (Å²) in [5.41, 5.74) is 6.47. The topological polar surface area (TPSA) is 69.0 Å². The molecule has 0 spiro atoms. The summed E-state index contributed by atoms with van der Waals surface area (Å²) in [4.78, 5) is 22.2. The van der Waals surface area contributed by atoms with E-state index in [1.807, 2.05) is 54.9 Å². The number of hydrogen-bond acceptors (Lipinski definition) is 5. The monoisotopic (exact) mass is 472 g/mol. The number of benzene rings is 1. The molecule has 3 aromatic heterocycles. The van der Waals surface area contributed by atoms with Crippen LogP contribution in [-0.2, 0) is 13.0 Å². The number of carbonyl (C=O) groups is 1. The predicted molar refractivity (Wildman–Crippen MR) is 138 cm³/mol. The molecule has 0 saturated carbocycles. The molecule has 4 rings (SSSR count). The van der Waals surface area contributed by atoms with Crippen LogP contribution in [0.15, 0.2) is 66.7 Å². The van der Waals surface area contributed by atoms with Crippen LogP contribution in [0.2, 0.25) is 0 Å². The van der Waals surface area contributed by atoms with Gasteiger partial charge in [0.1, 0.15) is 10.8 Å². The van der Waals surface area contributed by atoms with Gasteiger partial charge in [-0.05, 0) is 49.2 Å². The molecule has 7 heteroatoms. The maximum absolute atomic E-state index is 12.8. The quantitative estimate of drug-likeness (QED) is 0.326. The number of methoxy groups -OCH3 is 1. The van der Waals surface area contributed by atoms with E-state index in [0.717, 1.165) is 51.1 Å². The molecule has 4 aromatic rings. The van der Waals surface area contributed by atoms with Crippen LogP contribution < -0.4 is 10.1 Å². The number of aryl methyl sites for hydroxylation is 1. The fraction of sp³-hybridized carbons (Fsp3) is 0.222. The van der Waals surface area contributed by atoms with E-state index in [0.29, 0.717) is 18.7 Å². The summed E-state index contributed by atoms with van der Waals surface area (Å²) in [5.74, 6) is 0.690. The van der Waals surface area contributed by atoms with Gasteiger partial charge >= 0.3 is 0 Å². The van der Waals surface area contributed by atoms with Crippen molar-refractivity contribution in [2.45, 2.75) is 26.8 Å². The minimum absolute atomic E-state index is 0.121. The molecule has 0 aliphatic rings. The molecule has 0 aliphatic carbocycles. The van der Waals surface area contributed by atoms with Gasteiger partial charge in [0.15, 0.2) is 0 Å². The Labute approximate surface area is 204 Å². The lowest BCUT2D eigenvalue weighted by atomic mass is 10.2. The largest absolute Gasteiger partial charge is 0.497 e. The molecular weight excluding hydrogens is 444 g/mol. The summed E-state index contributed by atoms with van der Waals surface area (Å²) in [6.45, 7) is 8.78. The average molecular weight is 473 g/mol. The first-order valence-electron chi connectivity index (χ1n) is 11.2. The van der Waals surface area contributed by atoms with Crippen molar-refractivity contribution in [2.24, 2.45) is 0 Å². The molecule has 0 unspecified atom stereocenters. The summed E-state index contributed by atoms with van der Waals surface area (Å²) < 4.78 is 7.44. The zero-order valence-corrected chi connectivity index (χ0v) is 20.5. The number of aromatic nitrogens is 3. The lowest BCUT2D eigenvalue weighted by Crippen LogP contribution is -2.23. The molecule has 0 atom stereocenters. The highest BCUT2D eigenvalue weighted by Gasteiger charge is 2.20. The van der Waals surface area contributed by atoms with E-state index in [1.165, 1.54) is 0 Å². The standard InChI is InChI=1S/C27H28N4O2S/c1-5-12-29-26(32)23-15-25(31(18(23)3)16-19-7-9-22(33-4)10-8-19)24-17-34-27(30-24)20-11-13-28-21(6-2)14-20/h5,7-11,13-15,17H,1,6,12,16H2,2-4H3,(H,29,32). The van der Waals surface area contributed by atoms with Crippen LogP contribution in [0.5, 0.6) is 5.75 Å². The number of amides is 1. The van der Waals surface area contributed by atoms with Crippen molar-refractivity contribution in [3.8, 4) is 27.7 Å². The normalized spacial score (nSPS) is 10.8. The van der Waals surface area contributed by atoms with Gasteiger partial charge < -0.3 is 14.6 Å². The van der Waals surface area contributed by atoms with Gasteiger partial charge in [0, 0.05) is 41.6 Å². The molecule has 6 nitrogen and oxygen atoms in total. The SMILES string of the molecule is C=CCNC(=O)c1cc(-c2csc(-c3ccnc(CC)c3)n2)n(Cc2ccc(OC)cc2)c1C. The summed E-state index contributed by atoms with van der Waals surface area (Å²) in [6.07, 6.45) is 4.38. The average Bonchev–Trinajstić information content (AvgIpc) is 3.48. The van der Waals surface area contributed by atoms with Crippen LogP contribution >= 0.6 is 11.3 Å². The Morgan fingerprint density at radius 3 is 2.74 bits per heavy atom. The van der Waals surface area contributed by atoms with Crippen LogP contribution in [-0.4, -0.2) is 34.1 Å². The fourth-order valence-corrected chi connectivity index (χ4v) is 4.60. The molecule has 0 aliphatic heterocycles. The molecule has 3 heterocycles. The molecule has 0 saturated heterocycles. The summed E-state index contributed by atoms with van der Waals surface area (Å²) in [5, 5.41) is 5.87. The maximum Gasteiger partial charge on any atom is 0.253 e. The van der Waals surface area contributed by atoms with Gasteiger partial charge in [0.05, 0.1) is 24.1 Å². The molecule has 0 radical (unpaired) electrons. The lowest BCUT2D eigenvalue weighted by molar-refractivity contribution is 0.0957. The van der Waals surface area contributed by atoms with Crippen molar-refractivity contribution >= 4 is 17.2 Å². The first-order valence-corrected chi connectivity index (χ1v) is 12.0. The summed E-state index contributed by atoms with van der Waals surface area (Å²) in [6, 6.07) is 14.0. The van der Waals surface area contributed by atoms with Crippen molar-refractivity contribution in [1.29, 1.82) is 0 Å². The Kier molecular flexibility index (Phi) is 7.23. The van der Waals surface area contributed by atoms with Gasteiger partial charge in [0.2, 0.25) is 0 Å². The number of rotatable bonds is 9. The van der Waals surface area contributed by atoms with E-state index in [-0.39, 0.29) is 5.91 Å². The Bertz CT molecular complexity index is 1300. The van der Waals surface area contributed by atoms with E-state index in [2.05, 4.69) is 34.4 Å². The van der Waals surface area contributed by atoms with Gasteiger partial charge in [-0.2, -0.15) is 0 Å². The van der Waals surface area contributed by atoms with E-state index in [1.54, 1.807) is 24.5 Å². The van der Waals surface area contributed by atoms with Crippen molar-refractivity contribution in [2.75, 3.05) is 13.7 Å². The molecular formula is C27H28N4O2S. The second kappa shape index (κ2) is 10.5. The minimum atomic E-state index is -0.121. The Morgan fingerprint density at radius 2 is 2.03 bits per heavy atom. The zero-order chi connectivity index (χ0) is 24.1. The second-order valence-corrected chi connectivity index (χ2v) is 8.75. The molecule has 1 N–H and O–H groups in total. The number of hydrogen-bond donors (Lipinski definition) is 1. The Morgan fingerprint density at radius 1 is 1.24 bits per heavy atom. The molecule has 174 valence electrons. The third-order valence-electron chi connectivity index (χ3n) is 5.71. The van der Waals surface area contributed by atoms with Crippen LogP contribution in [0.1, 0.15) is 34.2 Å². The first-order chi connectivity index (χ1) is 16.5. The molecule has 1 amide bonds. The molecule has 0 bridgehead atoms. The van der Waals surface area contributed by atoms with Gasteiger partial charge in [-0.15, -0.1) is 17.9 Å². The summed E-state index contributed by atoms with van der Waals surface area (Å²) >= 11 is 1.59. The van der Waals surface area contributed by atoms with Crippen LogP contribution in [0.4, 0.5) is 0 Å². The van der Waals surface area contributed by atoms with Gasteiger partial charge in [0.25, 0.3) is 5.91 Å². The van der Waals surface area contributed by atoms with E-state index < -0.39 is 0 Å². The fourth-order valence-electron chi connectivity index (χ4n) is 3.79. The number of nitrogens with one attached hydrogen (secondary N) is 1. The number of pyridine rings is 1. The van der Waals surface area contributed by atoms with Gasteiger partial charge in [-0.1, -0.05) is 25.1 Å². The van der Waals surface area contributed by atoms with Crippen LogP contribution in [0, 0.1) is 6.92 Å². The second-order valence-electron chi connectivity index (χ2n) is 7.89. The highest BCUT2D eigenvalue weighted by molar-refractivity contribution is 7.13. The molecule has 34 heavy (non-hydrogen) atoms. The molecule has 0 fully saturated rings. The van der Waals surface area contributed by atoms with Gasteiger partial charge in [-0.25, -0.2) is 4.98 Å². The zero-order valence-electron chi connectivity index (χ0n) is 19.7. The third-order valence-corrected chi connectivity index (χ3v) is 6.60. The van der Waals surface area contributed by atoms with E-state index >= 15 is 0 Å². The smallest absolute Gasteiger partial charge is 0.253 e. The highest BCUT2D eigenvalue weighted by atomic mass is 32.1. The maximum atomic E-state index is 12.8. The number of nitrogens with zero attached hydrogens (tertiary/aromatic N) is 3. The number of carbonyl (C=O) groups excluding carboxylic acids is 1. The van der Waals surface area contributed by atoms with E-state index in [4.69, 9.17) is 9.72 Å². The summed E-state index contributed by atoms with van der Waals surface area (Å²) in [7, 11) is 1.66. The van der Waals surface area contributed by atoms with Crippen molar-refractivity contribution in [3.05, 3.63) is 89.2 Å². The van der Waals surface area contributed by atoms with Crippen molar-refractivity contribution < 1.29 is 9.53 Å². The van der Waals surface area contributed by atoms with Crippen LogP contribution in [0.3, 0.4) is 0 Å². The van der Waals surface area contributed by atoms with Crippen molar-refractivity contribution in [3.63, 3.8) is 0 Å². The first kappa shape index (κ1) is 23.4. The van der Waals surface area contributed by atoms with Crippen LogP contribution in [0.25, 0.3) is 22.0 Å². The van der Waals surface area contributed by atoms with E-state index in [9.17, 15) is 4.79 Å². The Hall–Kier alpha value is -3.71. The lowest BCUT2D eigenvalue weighted by Gasteiger charge is -2.12. The number of thiazole rings is 1. The molecule has 1 aromatic carbocycles. The third kappa shape index (κ3) is 4.94. The highest BCUT2D eigenvalue weighted by Crippen LogP contribution is 2.32. The van der Waals surface area contributed by atoms with Crippen molar-refractivity contribution in [1.82, 2.24) is 19.9 Å². The predicted octanol–water partition coefficient (Wildman–Crippen LogP) is 5.52. The number of ether oxygens (including phenoxy) is 1. The minimum Gasteiger partial charge on any atom is -0.497 e. The van der Waals surface area contributed by atoms with Gasteiger partial charge in [-0.3, -0.25) is 9.78 Å². The Balaban J connectivity index is 1.74.